The molecule has 0 spiro atoms. The van der Waals surface area contributed by atoms with Gasteiger partial charge in [-0.1, -0.05) is 40.2 Å². The molecule has 0 saturated carbocycles. The van der Waals surface area contributed by atoms with E-state index in [1.165, 1.54) is 50.0 Å². The van der Waals surface area contributed by atoms with Crippen LogP contribution in [0.1, 0.15) is 76.5 Å². The molecule has 1 atom stereocenters. The van der Waals surface area contributed by atoms with Crippen molar-refractivity contribution in [2.45, 2.75) is 65.2 Å². The largest absolute Gasteiger partial charge is 0.306 e. The zero-order chi connectivity index (χ0) is 15.0. The molecule has 0 aliphatic carbocycles. The molecule has 1 aromatic rings. The molecule has 1 rings (SSSR count). The monoisotopic (exact) mass is 276 g/mol. The Morgan fingerprint density at radius 3 is 2.40 bits per heavy atom. The first-order chi connectivity index (χ1) is 9.58. The molecule has 0 aliphatic heterocycles. The van der Waals surface area contributed by atoms with E-state index in [1.54, 1.807) is 0 Å². The summed E-state index contributed by atoms with van der Waals surface area (Å²) in [4.78, 5) is 7.15. The second kappa shape index (κ2) is 9.12. The average molecular weight is 276 g/mol. The first-order valence-corrected chi connectivity index (χ1v) is 8.22. The van der Waals surface area contributed by atoms with Crippen LogP contribution >= 0.6 is 0 Å². The van der Waals surface area contributed by atoms with Gasteiger partial charge in [-0.25, -0.2) is 0 Å². The second-order valence-corrected chi connectivity index (χ2v) is 6.22. The van der Waals surface area contributed by atoms with Crippen LogP contribution in [0.15, 0.2) is 18.3 Å². The first-order valence-electron chi connectivity index (χ1n) is 8.22. The first kappa shape index (κ1) is 17.2. The molecule has 1 aromatic heterocycles. The Kier molecular flexibility index (Phi) is 7.83. The van der Waals surface area contributed by atoms with Crippen LogP contribution in [-0.4, -0.2) is 30.0 Å². The van der Waals surface area contributed by atoms with Gasteiger partial charge in [0, 0.05) is 17.8 Å². The van der Waals surface area contributed by atoms with E-state index in [0.717, 1.165) is 0 Å². The molecule has 0 N–H and O–H groups in total. The highest BCUT2D eigenvalue weighted by Crippen LogP contribution is 2.23. The second-order valence-electron chi connectivity index (χ2n) is 6.22. The normalized spacial score (nSPS) is 13.2. The van der Waals surface area contributed by atoms with Gasteiger partial charge < -0.3 is 4.90 Å². The minimum absolute atomic E-state index is 0.566. The summed E-state index contributed by atoms with van der Waals surface area (Å²) in [5, 5.41) is 0. The SMILES string of the molecule is CCCCN(C)CCC(CC)c1ccc(C(C)C)cn1. The van der Waals surface area contributed by atoms with E-state index in [4.69, 9.17) is 4.98 Å². The van der Waals surface area contributed by atoms with E-state index < -0.39 is 0 Å². The van der Waals surface area contributed by atoms with Crippen molar-refractivity contribution in [2.24, 2.45) is 0 Å². The third-order valence-corrected chi connectivity index (χ3v) is 4.14. The van der Waals surface area contributed by atoms with E-state index >= 15 is 0 Å². The summed E-state index contributed by atoms with van der Waals surface area (Å²) in [5.41, 5.74) is 2.60. The summed E-state index contributed by atoms with van der Waals surface area (Å²) < 4.78 is 0. The molecule has 114 valence electrons. The molecule has 0 amide bonds. The lowest BCUT2D eigenvalue weighted by atomic mass is 9.96. The van der Waals surface area contributed by atoms with Gasteiger partial charge in [-0.2, -0.15) is 0 Å². The van der Waals surface area contributed by atoms with E-state index in [0.29, 0.717) is 11.8 Å². The van der Waals surface area contributed by atoms with E-state index in [2.05, 4.69) is 58.0 Å². The van der Waals surface area contributed by atoms with Crippen molar-refractivity contribution in [1.29, 1.82) is 0 Å². The van der Waals surface area contributed by atoms with Crippen molar-refractivity contribution < 1.29 is 0 Å². The predicted molar refractivity (Wildman–Crippen MR) is 88.4 cm³/mol. The van der Waals surface area contributed by atoms with Crippen LogP contribution in [0.3, 0.4) is 0 Å². The lowest BCUT2D eigenvalue weighted by molar-refractivity contribution is 0.310. The lowest BCUT2D eigenvalue weighted by Gasteiger charge is -2.20. The highest BCUT2D eigenvalue weighted by molar-refractivity contribution is 5.19. The van der Waals surface area contributed by atoms with Crippen LogP contribution in [0.25, 0.3) is 0 Å². The van der Waals surface area contributed by atoms with Crippen molar-refractivity contribution >= 4 is 0 Å². The molecule has 0 aliphatic rings. The fourth-order valence-electron chi connectivity index (χ4n) is 2.48. The summed E-state index contributed by atoms with van der Waals surface area (Å²) in [5.74, 6) is 1.16. The van der Waals surface area contributed by atoms with Gasteiger partial charge in [-0.3, -0.25) is 4.98 Å². The molecule has 1 unspecified atom stereocenters. The summed E-state index contributed by atoms with van der Waals surface area (Å²) in [6.45, 7) is 11.4. The van der Waals surface area contributed by atoms with Crippen LogP contribution in [0.2, 0.25) is 0 Å². The molecule has 0 saturated heterocycles. The van der Waals surface area contributed by atoms with Gasteiger partial charge in [0.25, 0.3) is 0 Å². The fraction of sp³-hybridized carbons (Fsp3) is 0.722. The zero-order valence-electron chi connectivity index (χ0n) is 14.0. The number of hydrogen-bond donors (Lipinski definition) is 0. The quantitative estimate of drug-likeness (QED) is 0.643. The van der Waals surface area contributed by atoms with Gasteiger partial charge in [0.15, 0.2) is 0 Å². The maximum absolute atomic E-state index is 4.69. The van der Waals surface area contributed by atoms with Crippen molar-refractivity contribution in [3.8, 4) is 0 Å². The summed E-state index contributed by atoms with van der Waals surface area (Å²) in [6.07, 6.45) is 7.03. The molecule has 2 nitrogen and oxygen atoms in total. The van der Waals surface area contributed by atoms with Crippen molar-refractivity contribution in [3.63, 3.8) is 0 Å². The lowest BCUT2D eigenvalue weighted by Crippen LogP contribution is -2.22. The zero-order valence-corrected chi connectivity index (χ0v) is 14.0. The van der Waals surface area contributed by atoms with Gasteiger partial charge in [0.05, 0.1) is 0 Å². The Morgan fingerprint density at radius 1 is 1.15 bits per heavy atom. The standard InChI is InChI=1S/C18H32N2/c1-6-8-12-20(5)13-11-16(7-2)18-10-9-17(14-19-18)15(3)4/h9-10,14-16H,6-8,11-13H2,1-5H3. The third-order valence-electron chi connectivity index (χ3n) is 4.14. The van der Waals surface area contributed by atoms with Gasteiger partial charge in [0.2, 0.25) is 0 Å². The van der Waals surface area contributed by atoms with Gasteiger partial charge in [-0.15, -0.1) is 0 Å². The maximum atomic E-state index is 4.69. The summed E-state index contributed by atoms with van der Waals surface area (Å²) in [6, 6.07) is 4.48. The summed E-state index contributed by atoms with van der Waals surface area (Å²) >= 11 is 0. The highest BCUT2D eigenvalue weighted by atomic mass is 15.1. The van der Waals surface area contributed by atoms with Crippen molar-refractivity contribution in [1.82, 2.24) is 9.88 Å². The summed E-state index contributed by atoms with van der Waals surface area (Å²) in [7, 11) is 2.23. The topological polar surface area (TPSA) is 16.1 Å². The average Bonchev–Trinajstić information content (AvgIpc) is 2.46. The number of unbranched alkanes of at least 4 members (excludes halogenated alkanes) is 1. The molecular formula is C18H32N2. The molecular weight excluding hydrogens is 244 g/mol. The minimum atomic E-state index is 0.566. The van der Waals surface area contributed by atoms with Gasteiger partial charge in [-0.05, 0) is 56.9 Å². The van der Waals surface area contributed by atoms with Crippen LogP contribution in [0.5, 0.6) is 0 Å². The molecule has 1 heterocycles. The van der Waals surface area contributed by atoms with E-state index in [9.17, 15) is 0 Å². The van der Waals surface area contributed by atoms with E-state index in [-0.39, 0.29) is 0 Å². The smallest absolute Gasteiger partial charge is 0.0435 e. The number of hydrogen-bond acceptors (Lipinski definition) is 2. The van der Waals surface area contributed by atoms with E-state index in [1.807, 2.05) is 0 Å². The Balaban J connectivity index is 2.53. The Morgan fingerprint density at radius 2 is 1.90 bits per heavy atom. The van der Waals surface area contributed by atoms with Crippen LogP contribution in [-0.2, 0) is 0 Å². The predicted octanol–water partition coefficient (Wildman–Crippen LogP) is 4.82. The molecule has 2 heteroatoms. The van der Waals surface area contributed by atoms with Gasteiger partial charge in [0.1, 0.15) is 0 Å². The van der Waals surface area contributed by atoms with Crippen LogP contribution in [0, 0.1) is 0 Å². The highest BCUT2D eigenvalue weighted by Gasteiger charge is 2.12. The van der Waals surface area contributed by atoms with Crippen LogP contribution < -0.4 is 0 Å². The maximum Gasteiger partial charge on any atom is 0.0435 e. The molecule has 0 aromatic carbocycles. The van der Waals surface area contributed by atoms with Crippen molar-refractivity contribution in [2.75, 3.05) is 20.1 Å². The molecule has 0 fully saturated rings. The Bertz CT molecular complexity index is 356. The van der Waals surface area contributed by atoms with Gasteiger partial charge >= 0.3 is 0 Å². The number of aromatic nitrogens is 1. The molecule has 0 bridgehead atoms. The Labute approximate surface area is 125 Å². The number of pyridine rings is 1. The number of rotatable bonds is 9. The fourth-order valence-corrected chi connectivity index (χ4v) is 2.48. The minimum Gasteiger partial charge on any atom is -0.306 e. The third kappa shape index (κ3) is 5.62. The van der Waals surface area contributed by atoms with Crippen LogP contribution in [0.4, 0.5) is 0 Å². The molecule has 0 radical (unpaired) electrons. The Hall–Kier alpha value is -0.890. The molecule has 20 heavy (non-hydrogen) atoms. The number of nitrogens with zero attached hydrogens (tertiary/aromatic N) is 2. The van der Waals surface area contributed by atoms with Crippen molar-refractivity contribution in [3.05, 3.63) is 29.6 Å².